The van der Waals surface area contributed by atoms with Gasteiger partial charge < -0.3 is 20.3 Å². The standard InChI is InChI=1S/C15H32F3N5O/c1-5-19-14(20-7-10-22(2)9-6-12-24-4)21-8-11-23(3)13-15(16,17)18/h5-13H2,1-4H3,(H2,19,20,21). The number of hydrogen-bond acceptors (Lipinski definition) is 4. The topological polar surface area (TPSA) is 52.1 Å². The van der Waals surface area contributed by atoms with E-state index in [1.165, 1.54) is 11.9 Å². The molecule has 0 aliphatic rings. The smallest absolute Gasteiger partial charge is 0.385 e. The first kappa shape index (κ1) is 22.9. The van der Waals surface area contributed by atoms with Crippen molar-refractivity contribution in [3.05, 3.63) is 0 Å². The molecular weight excluding hydrogens is 323 g/mol. The van der Waals surface area contributed by atoms with E-state index in [0.717, 1.165) is 26.1 Å². The van der Waals surface area contributed by atoms with Crippen LogP contribution in [-0.4, -0.2) is 95.6 Å². The maximum absolute atomic E-state index is 12.3. The highest BCUT2D eigenvalue weighted by Crippen LogP contribution is 2.14. The summed E-state index contributed by atoms with van der Waals surface area (Å²) in [5, 5.41) is 6.14. The molecule has 0 aromatic heterocycles. The first-order valence-electron chi connectivity index (χ1n) is 8.23. The minimum atomic E-state index is -4.17. The maximum Gasteiger partial charge on any atom is 0.401 e. The number of aliphatic imine (C=N–C) groups is 1. The Morgan fingerprint density at radius 3 is 2.38 bits per heavy atom. The van der Waals surface area contributed by atoms with Gasteiger partial charge in [-0.1, -0.05) is 0 Å². The fourth-order valence-corrected chi connectivity index (χ4v) is 2.02. The van der Waals surface area contributed by atoms with Crippen LogP contribution in [0.15, 0.2) is 4.99 Å². The van der Waals surface area contributed by atoms with Gasteiger partial charge in [0.2, 0.25) is 0 Å². The van der Waals surface area contributed by atoms with Gasteiger partial charge in [-0.3, -0.25) is 9.89 Å². The molecule has 0 aliphatic carbocycles. The van der Waals surface area contributed by atoms with Crippen LogP contribution in [0.3, 0.4) is 0 Å². The van der Waals surface area contributed by atoms with Crippen molar-refractivity contribution in [1.82, 2.24) is 20.4 Å². The third kappa shape index (κ3) is 14.5. The molecular formula is C15H32F3N5O. The Labute approximate surface area is 143 Å². The molecule has 2 N–H and O–H groups in total. The number of rotatable bonds is 12. The van der Waals surface area contributed by atoms with Gasteiger partial charge in [0.25, 0.3) is 0 Å². The average Bonchev–Trinajstić information content (AvgIpc) is 2.45. The molecule has 144 valence electrons. The number of methoxy groups -OCH3 is 1. The number of halogens is 3. The van der Waals surface area contributed by atoms with Crippen molar-refractivity contribution in [3.63, 3.8) is 0 Å². The van der Waals surface area contributed by atoms with Gasteiger partial charge >= 0.3 is 6.18 Å². The van der Waals surface area contributed by atoms with Gasteiger partial charge in [-0.05, 0) is 27.4 Å². The first-order valence-corrected chi connectivity index (χ1v) is 8.23. The molecule has 0 aliphatic heterocycles. The molecule has 0 bridgehead atoms. The van der Waals surface area contributed by atoms with Crippen LogP contribution in [0.4, 0.5) is 13.2 Å². The third-order valence-corrected chi connectivity index (χ3v) is 3.22. The summed E-state index contributed by atoms with van der Waals surface area (Å²) in [5.74, 6) is 0.628. The van der Waals surface area contributed by atoms with E-state index in [2.05, 4.69) is 20.5 Å². The highest BCUT2D eigenvalue weighted by molar-refractivity contribution is 5.79. The molecule has 0 radical (unpaired) electrons. The first-order chi connectivity index (χ1) is 11.3. The predicted octanol–water partition coefficient (Wildman–Crippen LogP) is 1.00. The second-order valence-corrected chi connectivity index (χ2v) is 5.69. The number of guanidine groups is 1. The molecule has 0 amide bonds. The van der Waals surface area contributed by atoms with Crippen molar-refractivity contribution in [1.29, 1.82) is 0 Å². The SMILES string of the molecule is CCNC(=NCCN(C)CCCOC)NCCN(C)CC(F)(F)F. The lowest BCUT2D eigenvalue weighted by atomic mass is 10.4. The number of likely N-dealkylation sites (N-methyl/N-ethyl adjacent to an activating group) is 2. The number of nitrogens with one attached hydrogen (secondary N) is 2. The summed E-state index contributed by atoms with van der Waals surface area (Å²) < 4.78 is 41.8. The van der Waals surface area contributed by atoms with Gasteiger partial charge in [0, 0.05) is 46.4 Å². The van der Waals surface area contributed by atoms with Gasteiger partial charge in [-0.15, -0.1) is 0 Å². The lowest BCUT2D eigenvalue weighted by molar-refractivity contribution is -0.142. The lowest BCUT2D eigenvalue weighted by Crippen LogP contribution is -2.42. The zero-order valence-electron chi connectivity index (χ0n) is 15.2. The van der Waals surface area contributed by atoms with Gasteiger partial charge in [0.05, 0.1) is 13.1 Å². The number of ether oxygens (including phenoxy) is 1. The Hall–Kier alpha value is -1.06. The number of alkyl halides is 3. The van der Waals surface area contributed by atoms with Crippen LogP contribution in [-0.2, 0) is 4.74 Å². The second-order valence-electron chi connectivity index (χ2n) is 5.69. The zero-order valence-corrected chi connectivity index (χ0v) is 15.2. The molecule has 0 saturated carbocycles. The van der Waals surface area contributed by atoms with E-state index in [4.69, 9.17) is 4.74 Å². The van der Waals surface area contributed by atoms with Crippen LogP contribution < -0.4 is 10.6 Å². The Morgan fingerprint density at radius 2 is 1.79 bits per heavy atom. The van der Waals surface area contributed by atoms with Crippen LogP contribution in [0.25, 0.3) is 0 Å². The Morgan fingerprint density at radius 1 is 1.08 bits per heavy atom. The van der Waals surface area contributed by atoms with E-state index in [9.17, 15) is 13.2 Å². The molecule has 0 fully saturated rings. The van der Waals surface area contributed by atoms with Crippen LogP contribution in [0.1, 0.15) is 13.3 Å². The van der Waals surface area contributed by atoms with Gasteiger partial charge in [0.15, 0.2) is 5.96 Å². The number of hydrogen-bond donors (Lipinski definition) is 2. The van der Waals surface area contributed by atoms with E-state index in [-0.39, 0.29) is 0 Å². The highest BCUT2D eigenvalue weighted by atomic mass is 19.4. The molecule has 24 heavy (non-hydrogen) atoms. The van der Waals surface area contributed by atoms with Crippen molar-refractivity contribution in [2.45, 2.75) is 19.5 Å². The van der Waals surface area contributed by atoms with Crippen molar-refractivity contribution < 1.29 is 17.9 Å². The third-order valence-electron chi connectivity index (χ3n) is 3.22. The van der Waals surface area contributed by atoms with Gasteiger partial charge in [-0.25, -0.2) is 0 Å². The summed E-state index contributed by atoms with van der Waals surface area (Å²) in [6, 6.07) is 0. The summed E-state index contributed by atoms with van der Waals surface area (Å²) in [6.45, 7) is 5.56. The molecule has 0 aromatic rings. The lowest BCUT2D eigenvalue weighted by Gasteiger charge is -2.20. The van der Waals surface area contributed by atoms with Crippen molar-refractivity contribution in [2.75, 3.05) is 73.6 Å². The summed E-state index contributed by atoms with van der Waals surface area (Å²) >= 11 is 0. The summed E-state index contributed by atoms with van der Waals surface area (Å²) in [7, 11) is 5.16. The minimum Gasteiger partial charge on any atom is -0.385 e. The van der Waals surface area contributed by atoms with Crippen LogP contribution in [0.5, 0.6) is 0 Å². The largest absolute Gasteiger partial charge is 0.401 e. The summed E-state index contributed by atoms with van der Waals surface area (Å²) in [5.41, 5.74) is 0. The van der Waals surface area contributed by atoms with Crippen molar-refractivity contribution in [3.8, 4) is 0 Å². The Balaban J connectivity index is 4.06. The van der Waals surface area contributed by atoms with Crippen molar-refractivity contribution in [2.24, 2.45) is 4.99 Å². The summed E-state index contributed by atoms with van der Waals surface area (Å²) in [6.07, 6.45) is -3.19. The quantitative estimate of drug-likeness (QED) is 0.311. The Kier molecular flexibility index (Phi) is 12.7. The molecule has 0 heterocycles. The fourth-order valence-electron chi connectivity index (χ4n) is 2.02. The van der Waals surface area contributed by atoms with Crippen LogP contribution in [0.2, 0.25) is 0 Å². The van der Waals surface area contributed by atoms with Gasteiger partial charge in [0.1, 0.15) is 0 Å². The average molecular weight is 355 g/mol. The van der Waals surface area contributed by atoms with E-state index < -0.39 is 12.7 Å². The number of nitrogens with zero attached hydrogens (tertiary/aromatic N) is 3. The molecule has 0 spiro atoms. The zero-order chi connectivity index (χ0) is 18.4. The van der Waals surface area contributed by atoms with E-state index in [1.807, 2.05) is 14.0 Å². The van der Waals surface area contributed by atoms with Crippen molar-refractivity contribution >= 4 is 5.96 Å². The molecule has 9 heteroatoms. The van der Waals surface area contributed by atoms with E-state index in [0.29, 0.717) is 32.1 Å². The van der Waals surface area contributed by atoms with E-state index >= 15 is 0 Å². The molecule has 6 nitrogen and oxygen atoms in total. The van der Waals surface area contributed by atoms with Gasteiger partial charge in [-0.2, -0.15) is 13.2 Å². The Bertz CT molecular complexity index is 340. The van der Waals surface area contributed by atoms with Crippen LogP contribution in [0, 0.1) is 0 Å². The summed E-state index contributed by atoms with van der Waals surface area (Å²) in [4.78, 5) is 7.84. The monoisotopic (exact) mass is 355 g/mol. The molecule has 0 rings (SSSR count). The fraction of sp³-hybridized carbons (Fsp3) is 0.933. The predicted molar refractivity (Wildman–Crippen MR) is 91.5 cm³/mol. The van der Waals surface area contributed by atoms with E-state index in [1.54, 1.807) is 7.11 Å². The minimum absolute atomic E-state index is 0.293. The van der Waals surface area contributed by atoms with Crippen LogP contribution >= 0.6 is 0 Å². The molecule has 0 atom stereocenters. The molecule has 0 saturated heterocycles. The highest BCUT2D eigenvalue weighted by Gasteiger charge is 2.28. The normalized spacial score (nSPS) is 13.0. The molecule has 0 unspecified atom stereocenters. The second kappa shape index (κ2) is 13.3. The maximum atomic E-state index is 12.3. The molecule has 0 aromatic carbocycles.